The summed E-state index contributed by atoms with van der Waals surface area (Å²) >= 11 is 0. The molecule has 0 unspecified atom stereocenters. The molecule has 1 aromatic heterocycles. The molecule has 4 rings (SSSR count). The molecule has 1 spiro atoms. The van der Waals surface area contributed by atoms with Gasteiger partial charge in [0, 0.05) is 18.3 Å². The molecule has 1 N–H and O–H groups in total. The Balaban J connectivity index is 1.32. The van der Waals surface area contributed by atoms with E-state index < -0.39 is 0 Å². The van der Waals surface area contributed by atoms with Crippen molar-refractivity contribution in [3.05, 3.63) is 42.3 Å². The summed E-state index contributed by atoms with van der Waals surface area (Å²) in [6.07, 6.45) is 13.4. The van der Waals surface area contributed by atoms with Gasteiger partial charge in [-0.05, 0) is 55.9 Å². The lowest BCUT2D eigenvalue weighted by Crippen LogP contribution is -2.26. The Bertz CT molecular complexity index is 579. The molecule has 21 heavy (non-hydrogen) atoms. The second kappa shape index (κ2) is 4.84. The van der Waals surface area contributed by atoms with Crippen LogP contribution in [0.3, 0.4) is 0 Å². The number of nitrogens with zero attached hydrogens (tertiary/aromatic N) is 2. The van der Waals surface area contributed by atoms with Crippen molar-refractivity contribution in [2.45, 2.75) is 39.3 Å². The van der Waals surface area contributed by atoms with Crippen molar-refractivity contribution in [1.82, 2.24) is 15.1 Å². The van der Waals surface area contributed by atoms with Gasteiger partial charge in [0.25, 0.3) is 0 Å². The normalized spacial score (nSPS) is 31.2. The fourth-order valence-corrected chi connectivity index (χ4v) is 4.71. The van der Waals surface area contributed by atoms with E-state index in [1.54, 1.807) is 0 Å². The molecule has 0 radical (unpaired) electrons. The minimum Gasteiger partial charge on any atom is -0.312 e. The van der Waals surface area contributed by atoms with E-state index in [2.05, 4.69) is 42.3 Å². The fraction of sp³-hybridized carbons (Fsp3) is 0.611. The molecule has 1 heterocycles. The second-order valence-corrected chi connectivity index (χ2v) is 7.13. The van der Waals surface area contributed by atoms with Gasteiger partial charge in [0.1, 0.15) is 0 Å². The van der Waals surface area contributed by atoms with Crippen LogP contribution in [0.25, 0.3) is 0 Å². The molecule has 0 saturated heterocycles. The number of allylic oxidation sites excluding steroid dienone is 3. The van der Waals surface area contributed by atoms with Gasteiger partial charge >= 0.3 is 0 Å². The topological polar surface area (TPSA) is 29.9 Å². The Labute approximate surface area is 127 Å². The zero-order chi connectivity index (χ0) is 14.4. The summed E-state index contributed by atoms with van der Waals surface area (Å²) in [4.78, 5) is 0. The smallest absolute Gasteiger partial charge is 0.0638 e. The maximum atomic E-state index is 4.52. The maximum absolute atomic E-state index is 4.52. The Hall–Kier alpha value is -1.35. The molecule has 3 aliphatic carbocycles. The van der Waals surface area contributed by atoms with Crippen LogP contribution in [-0.4, -0.2) is 16.3 Å². The van der Waals surface area contributed by atoms with Crippen LogP contribution >= 0.6 is 0 Å². The summed E-state index contributed by atoms with van der Waals surface area (Å²) in [6.45, 7) is 8.74. The summed E-state index contributed by atoms with van der Waals surface area (Å²) in [5.74, 6) is 2.61. The van der Waals surface area contributed by atoms with Crippen LogP contribution in [0.2, 0.25) is 0 Å². The van der Waals surface area contributed by atoms with Crippen molar-refractivity contribution in [3.63, 3.8) is 0 Å². The van der Waals surface area contributed by atoms with Crippen LogP contribution in [-0.2, 0) is 13.1 Å². The summed E-state index contributed by atoms with van der Waals surface area (Å²) in [5, 5.41) is 8.19. The van der Waals surface area contributed by atoms with E-state index in [1.165, 1.54) is 24.8 Å². The third-order valence-electron chi connectivity index (χ3n) is 5.93. The number of hydrogen-bond acceptors (Lipinski definition) is 2. The molecule has 112 valence electrons. The number of rotatable bonds is 6. The lowest BCUT2D eigenvalue weighted by Gasteiger charge is -2.20. The first-order valence-electron chi connectivity index (χ1n) is 8.26. The van der Waals surface area contributed by atoms with E-state index in [1.807, 2.05) is 10.8 Å². The first kappa shape index (κ1) is 13.3. The van der Waals surface area contributed by atoms with Crippen molar-refractivity contribution < 1.29 is 0 Å². The van der Waals surface area contributed by atoms with Crippen LogP contribution in [0.5, 0.6) is 0 Å². The molecule has 3 aliphatic rings. The highest BCUT2D eigenvalue weighted by molar-refractivity contribution is 5.26. The molecule has 0 amide bonds. The van der Waals surface area contributed by atoms with Crippen molar-refractivity contribution in [3.8, 4) is 0 Å². The van der Waals surface area contributed by atoms with Gasteiger partial charge in [-0.3, -0.25) is 4.68 Å². The molecule has 0 aromatic carbocycles. The number of nitrogens with one attached hydrogen (secondary N) is 1. The molecular formula is C18H25N3. The van der Waals surface area contributed by atoms with Crippen LogP contribution in [0.4, 0.5) is 0 Å². The molecule has 3 nitrogen and oxygen atoms in total. The predicted molar refractivity (Wildman–Crippen MR) is 84.8 cm³/mol. The highest BCUT2D eigenvalue weighted by atomic mass is 15.3. The van der Waals surface area contributed by atoms with E-state index in [-0.39, 0.29) is 0 Å². The zero-order valence-electron chi connectivity index (χ0n) is 12.9. The molecule has 3 atom stereocenters. The molecule has 3 heteroatoms. The molecule has 0 aliphatic heterocycles. The summed E-state index contributed by atoms with van der Waals surface area (Å²) in [7, 11) is 0. The Morgan fingerprint density at radius 3 is 3.05 bits per heavy atom. The maximum Gasteiger partial charge on any atom is 0.0638 e. The van der Waals surface area contributed by atoms with Crippen molar-refractivity contribution in [1.29, 1.82) is 0 Å². The minimum absolute atomic E-state index is 0.719. The molecule has 1 aromatic rings. The fourth-order valence-electron chi connectivity index (χ4n) is 4.71. The first-order valence-corrected chi connectivity index (χ1v) is 8.26. The van der Waals surface area contributed by atoms with Crippen LogP contribution in [0, 0.1) is 30.1 Å². The van der Waals surface area contributed by atoms with Crippen molar-refractivity contribution in [2.75, 3.05) is 6.54 Å². The number of aromatic nitrogens is 2. The van der Waals surface area contributed by atoms with Gasteiger partial charge in [-0.15, -0.1) is 6.58 Å². The van der Waals surface area contributed by atoms with Crippen molar-refractivity contribution >= 4 is 0 Å². The summed E-state index contributed by atoms with van der Waals surface area (Å²) < 4.78 is 1.97. The first-order chi connectivity index (χ1) is 10.2. The Morgan fingerprint density at radius 2 is 2.33 bits per heavy atom. The van der Waals surface area contributed by atoms with Gasteiger partial charge in [0.15, 0.2) is 0 Å². The molecular weight excluding hydrogens is 258 g/mol. The highest BCUT2D eigenvalue weighted by Gasteiger charge is 2.62. The van der Waals surface area contributed by atoms with E-state index in [9.17, 15) is 0 Å². The van der Waals surface area contributed by atoms with E-state index in [0.29, 0.717) is 0 Å². The monoisotopic (exact) mass is 283 g/mol. The lowest BCUT2D eigenvalue weighted by atomic mass is 9.89. The number of hydrogen-bond donors (Lipinski definition) is 1. The van der Waals surface area contributed by atoms with Crippen LogP contribution in [0.15, 0.2) is 31.0 Å². The second-order valence-electron chi connectivity index (χ2n) is 7.13. The van der Waals surface area contributed by atoms with Gasteiger partial charge in [0.2, 0.25) is 0 Å². The third-order valence-corrected chi connectivity index (χ3v) is 5.93. The quantitative estimate of drug-likeness (QED) is 0.813. The summed E-state index contributed by atoms with van der Waals surface area (Å²) in [6, 6.07) is 0. The Kier molecular flexibility index (Phi) is 3.07. The average Bonchev–Trinajstić information content (AvgIpc) is 3.01. The Morgan fingerprint density at radius 1 is 1.48 bits per heavy atom. The van der Waals surface area contributed by atoms with Crippen LogP contribution < -0.4 is 5.32 Å². The molecule has 2 fully saturated rings. The van der Waals surface area contributed by atoms with Gasteiger partial charge in [-0.1, -0.05) is 18.2 Å². The minimum atomic E-state index is 0.719. The van der Waals surface area contributed by atoms with E-state index in [0.717, 1.165) is 48.5 Å². The van der Waals surface area contributed by atoms with Gasteiger partial charge < -0.3 is 5.32 Å². The average molecular weight is 283 g/mol. The lowest BCUT2D eigenvalue weighted by molar-refractivity contribution is 0.350. The highest BCUT2D eigenvalue weighted by Crippen LogP contribution is 2.69. The SMILES string of the molecule is C=CCn1cc(CNC[C@H]2C[C@H]3C=C[C@H]2C32CC2)c(C)n1. The van der Waals surface area contributed by atoms with E-state index >= 15 is 0 Å². The van der Waals surface area contributed by atoms with E-state index in [4.69, 9.17) is 0 Å². The molecule has 2 bridgehead atoms. The van der Waals surface area contributed by atoms with Crippen molar-refractivity contribution in [2.24, 2.45) is 23.2 Å². The number of aryl methyl sites for hydroxylation is 1. The van der Waals surface area contributed by atoms with Gasteiger partial charge in [0.05, 0.1) is 12.2 Å². The zero-order valence-corrected chi connectivity index (χ0v) is 12.9. The van der Waals surface area contributed by atoms with Gasteiger partial charge in [-0.25, -0.2) is 0 Å². The standard InChI is InChI=1S/C18H25N3/c1-3-8-21-12-15(13(2)20-21)11-19-10-14-9-16-4-5-17(14)18(16)6-7-18/h3-5,12,14,16-17,19H,1,6-11H2,2H3/t14-,16-,17-/m1/s1. The van der Waals surface area contributed by atoms with Gasteiger partial charge in [-0.2, -0.15) is 5.10 Å². The summed E-state index contributed by atoms with van der Waals surface area (Å²) in [5.41, 5.74) is 3.17. The van der Waals surface area contributed by atoms with Crippen LogP contribution in [0.1, 0.15) is 30.5 Å². The predicted octanol–water partition coefficient (Wildman–Crippen LogP) is 3.07. The largest absolute Gasteiger partial charge is 0.312 e. The third kappa shape index (κ3) is 2.10. The molecule has 2 saturated carbocycles.